The first kappa shape index (κ1) is 62.9. The van der Waals surface area contributed by atoms with E-state index in [1.807, 2.05) is 110 Å². The van der Waals surface area contributed by atoms with Crippen LogP contribution in [0.3, 0.4) is 0 Å². The molecule has 1 aliphatic heterocycles. The lowest BCUT2D eigenvalue weighted by atomic mass is 9.89. The predicted octanol–water partition coefficient (Wildman–Crippen LogP) is 4.51. The minimum absolute atomic E-state index is 0.0573. The topological polar surface area (TPSA) is 233 Å². The van der Waals surface area contributed by atoms with Gasteiger partial charge in [-0.3, -0.25) is 33.7 Å². The van der Waals surface area contributed by atoms with Gasteiger partial charge in [0.05, 0.1) is 48.7 Å². The van der Waals surface area contributed by atoms with Gasteiger partial charge in [-0.25, -0.2) is 4.79 Å². The number of carboxylic acid groups (broad SMARTS) is 1. The first-order valence-corrected chi connectivity index (χ1v) is 26.4. The molecule has 3 rings (SSSR count). The van der Waals surface area contributed by atoms with Gasteiger partial charge in [-0.2, -0.15) is 0 Å². The summed E-state index contributed by atoms with van der Waals surface area (Å²) in [5, 5.41) is 18.5. The fourth-order valence-electron chi connectivity index (χ4n) is 10.1. The van der Waals surface area contributed by atoms with Crippen molar-refractivity contribution in [1.29, 1.82) is 0 Å². The summed E-state index contributed by atoms with van der Waals surface area (Å²) in [7, 11) is 8.26. The lowest BCUT2D eigenvalue weighted by Crippen LogP contribution is -2.60. The molecule has 1 aliphatic rings. The van der Waals surface area contributed by atoms with Gasteiger partial charge in [-0.05, 0) is 80.2 Å². The summed E-state index contributed by atoms with van der Waals surface area (Å²) in [6.07, 6.45) is 1.14. The Hall–Kier alpha value is -5.43. The van der Waals surface area contributed by atoms with Crippen LogP contribution in [-0.2, 0) is 55.9 Å². The molecule has 11 atom stereocenters. The summed E-state index contributed by atoms with van der Waals surface area (Å²) in [5.41, 5.74) is 8.39. The normalized spacial score (nSPS) is 17.9. The van der Waals surface area contributed by atoms with Crippen LogP contribution in [0.4, 0.5) is 5.69 Å². The van der Waals surface area contributed by atoms with Gasteiger partial charge in [-0.1, -0.05) is 111 Å². The molecule has 18 nitrogen and oxygen atoms in total. The molecule has 2 aromatic carbocycles. The highest BCUT2D eigenvalue weighted by molar-refractivity contribution is 5.99. The van der Waals surface area contributed by atoms with Crippen molar-refractivity contribution in [2.24, 2.45) is 35.3 Å². The van der Waals surface area contributed by atoms with E-state index >= 15 is 0 Å². The first-order chi connectivity index (χ1) is 34.8. The second kappa shape index (κ2) is 29.6. The van der Waals surface area contributed by atoms with Crippen LogP contribution in [0, 0.1) is 29.6 Å². The average Bonchev–Trinajstić information content (AvgIpc) is 3.85. The third-order valence-corrected chi connectivity index (χ3v) is 14.9. The van der Waals surface area contributed by atoms with Crippen molar-refractivity contribution >= 4 is 47.1 Å². The van der Waals surface area contributed by atoms with E-state index in [0.29, 0.717) is 44.5 Å². The van der Waals surface area contributed by atoms with E-state index in [2.05, 4.69) is 16.0 Å². The molecule has 18 heteroatoms. The van der Waals surface area contributed by atoms with Gasteiger partial charge in [0.25, 0.3) is 0 Å². The van der Waals surface area contributed by atoms with Gasteiger partial charge in [-0.15, -0.1) is 0 Å². The number of carbonyl (C=O) groups excluding carboxylic acids is 6. The molecule has 0 bridgehead atoms. The highest BCUT2D eigenvalue weighted by Gasteiger charge is 2.44. The average molecular weight is 1040 g/mol. The third kappa shape index (κ3) is 17.0. The number of ether oxygens (including phenoxy) is 2. The number of amides is 6. The number of likely N-dealkylation sites (N-methyl/N-ethyl adjacent to an activating group) is 3. The van der Waals surface area contributed by atoms with Gasteiger partial charge in [0.1, 0.15) is 18.1 Å². The molecule has 1 heterocycles. The van der Waals surface area contributed by atoms with E-state index in [1.54, 1.807) is 49.9 Å². The molecule has 6 N–H and O–H groups in total. The summed E-state index contributed by atoms with van der Waals surface area (Å²) in [4.78, 5) is 102. The molecule has 1 unspecified atom stereocenters. The zero-order valence-electron chi connectivity index (χ0n) is 46.9. The number of aliphatic carboxylic acids is 1. The van der Waals surface area contributed by atoms with Crippen LogP contribution in [0.25, 0.3) is 0 Å². The number of likely N-dealkylation sites (tertiary alicyclic amines) is 1. The molecule has 0 aliphatic carbocycles. The number of benzene rings is 2. The summed E-state index contributed by atoms with van der Waals surface area (Å²) in [6.45, 7) is 19.7. The summed E-state index contributed by atoms with van der Waals surface area (Å²) >= 11 is 0. The Balaban J connectivity index is 1.72. The molecule has 2 aromatic rings. The number of anilines is 1. The second-order valence-corrected chi connectivity index (χ2v) is 21.4. The van der Waals surface area contributed by atoms with E-state index < -0.39 is 72.3 Å². The number of nitrogens with zero attached hydrogens (tertiary/aromatic N) is 4. The summed E-state index contributed by atoms with van der Waals surface area (Å²) in [6, 6.07) is 11.5. The number of methoxy groups -OCH3 is 2. The highest BCUT2D eigenvalue weighted by Crippen LogP contribution is 2.30. The number of carboxylic acids is 1. The van der Waals surface area contributed by atoms with Gasteiger partial charge in [0.2, 0.25) is 35.4 Å². The van der Waals surface area contributed by atoms with Crippen LogP contribution in [0.5, 0.6) is 0 Å². The number of hydrogen-bond acceptors (Lipinski definition) is 11. The van der Waals surface area contributed by atoms with E-state index in [4.69, 9.17) is 15.2 Å². The number of rotatable bonds is 29. The lowest BCUT2D eigenvalue weighted by molar-refractivity contribution is -0.148. The van der Waals surface area contributed by atoms with Crippen molar-refractivity contribution in [2.75, 3.05) is 53.4 Å². The molecule has 74 heavy (non-hydrogen) atoms. The molecular weight excluding hydrogens is 945 g/mol. The quantitative estimate of drug-likeness (QED) is 0.0758. The molecule has 6 amide bonds. The molecule has 0 saturated carbocycles. The Morgan fingerprint density at radius 2 is 1.38 bits per heavy atom. The summed E-state index contributed by atoms with van der Waals surface area (Å²) < 4.78 is 12.0. The first-order valence-electron chi connectivity index (χ1n) is 26.4. The zero-order valence-corrected chi connectivity index (χ0v) is 46.9. The van der Waals surface area contributed by atoms with Crippen LogP contribution in [0.1, 0.15) is 106 Å². The van der Waals surface area contributed by atoms with Gasteiger partial charge < -0.3 is 51.0 Å². The zero-order chi connectivity index (χ0) is 55.7. The van der Waals surface area contributed by atoms with Gasteiger partial charge in [0.15, 0.2) is 0 Å². The van der Waals surface area contributed by atoms with Crippen LogP contribution in [0.2, 0.25) is 0 Å². The Morgan fingerprint density at radius 3 is 1.91 bits per heavy atom. The molecule has 0 spiro atoms. The lowest BCUT2D eigenvalue weighted by Gasteiger charge is -2.41. The minimum atomic E-state index is -1.15. The molecule has 0 radical (unpaired) electrons. The maximum atomic E-state index is 14.7. The smallest absolute Gasteiger partial charge is 0.326 e. The van der Waals surface area contributed by atoms with E-state index in [1.165, 1.54) is 19.1 Å². The molecule has 1 saturated heterocycles. The van der Waals surface area contributed by atoms with Crippen molar-refractivity contribution < 1.29 is 48.1 Å². The maximum absolute atomic E-state index is 14.7. The monoisotopic (exact) mass is 1030 g/mol. The number of hydrogen-bond donors (Lipinski definition) is 5. The fraction of sp³-hybridized carbons (Fsp3) is 0.661. The van der Waals surface area contributed by atoms with Crippen molar-refractivity contribution in [1.82, 2.24) is 30.7 Å². The Kier molecular flexibility index (Phi) is 25.2. The van der Waals surface area contributed by atoms with Gasteiger partial charge >= 0.3 is 5.97 Å². The van der Waals surface area contributed by atoms with Crippen LogP contribution in [-0.4, -0.2) is 164 Å². The van der Waals surface area contributed by atoms with Gasteiger partial charge in [0, 0.05) is 53.5 Å². The van der Waals surface area contributed by atoms with Crippen LogP contribution in [0.15, 0.2) is 54.6 Å². The SMILES string of the molecule is CC[C@H](C)[C@H]([C@@H](CC(=O)N1CCCC1[C@H](OC)[C@@H](C)C(=O)N[C@H](Cc1ccccc1)C(=O)O)OC)N(C)C(=O)[C@@H](NC(=O)[C@H](C(C)C)N(C)CCc1ccc(N(C)C(=O)[C@H](C)NC(=O)[C@@H](N)C(C)C)cc1)C(C)C. The number of nitrogens with one attached hydrogen (secondary N) is 3. The molecule has 414 valence electrons. The summed E-state index contributed by atoms with van der Waals surface area (Å²) in [5.74, 6) is -4.47. The predicted molar refractivity (Wildman–Crippen MR) is 288 cm³/mol. The van der Waals surface area contributed by atoms with Crippen molar-refractivity contribution in [3.05, 3.63) is 65.7 Å². The van der Waals surface area contributed by atoms with Crippen LogP contribution >= 0.6 is 0 Å². The minimum Gasteiger partial charge on any atom is -0.480 e. The Morgan fingerprint density at radius 1 is 0.757 bits per heavy atom. The van der Waals surface area contributed by atoms with E-state index in [9.17, 15) is 38.7 Å². The van der Waals surface area contributed by atoms with E-state index in [-0.39, 0.29) is 66.0 Å². The number of nitrogens with two attached hydrogens (primary N) is 1. The van der Waals surface area contributed by atoms with Crippen molar-refractivity contribution in [3.63, 3.8) is 0 Å². The molecule has 0 aromatic heterocycles. The molecule has 1 fully saturated rings. The second-order valence-electron chi connectivity index (χ2n) is 21.4. The third-order valence-electron chi connectivity index (χ3n) is 14.9. The Bertz CT molecular complexity index is 2140. The molecular formula is C56H90N8O10. The standard InChI is InChI=1S/C56H90N8O10/c1-16-36(8)49(44(73-14)32-45(65)64-29-20-23-43(64)50(74-15)37(9)51(66)59-42(56(71)72)31-40-21-18-17-19-22-40)63(13)55(70)47(34(4)5)60-53(68)48(35(6)7)61(11)30-28-39-24-26-41(27-25-39)62(12)54(69)38(10)58-52(67)46(57)33(2)3/h17-19,21-22,24-27,33-38,42-44,46-50H,16,20,23,28-32,57H2,1-15H3,(H,58,67)(H,59,66)(H,60,68)(H,71,72)/t36-,37+,38-,42+,43?,44+,46-,47-,48-,49+,50+/m0/s1. The fourth-order valence-corrected chi connectivity index (χ4v) is 10.1. The van der Waals surface area contributed by atoms with Crippen molar-refractivity contribution in [3.8, 4) is 0 Å². The van der Waals surface area contributed by atoms with E-state index in [0.717, 1.165) is 11.1 Å². The maximum Gasteiger partial charge on any atom is 0.326 e. The highest BCUT2D eigenvalue weighted by atomic mass is 16.5. The van der Waals surface area contributed by atoms with Crippen molar-refractivity contribution in [2.45, 2.75) is 162 Å². The largest absolute Gasteiger partial charge is 0.480 e. The number of carbonyl (C=O) groups is 7. The van der Waals surface area contributed by atoms with Crippen LogP contribution < -0.4 is 26.6 Å². The Labute approximate surface area is 441 Å².